The Morgan fingerprint density at radius 1 is 1.24 bits per heavy atom. The van der Waals surface area contributed by atoms with Crippen LogP contribution < -0.4 is 5.32 Å². The SMILES string of the molecule is O=C(Cn1nnc2ccccc21)Nc1nc2ccc([N+](=O)[O-])cc2s1. The number of nitro benzene ring substituents is 1. The van der Waals surface area contributed by atoms with E-state index >= 15 is 0 Å². The van der Waals surface area contributed by atoms with Gasteiger partial charge in [-0.1, -0.05) is 28.7 Å². The fourth-order valence-electron chi connectivity index (χ4n) is 2.41. The number of amides is 1. The van der Waals surface area contributed by atoms with Crippen molar-refractivity contribution in [2.45, 2.75) is 6.54 Å². The van der Waals surface area contributed by atoms with Crippen LogP contribution in [-0.2, 0) is 11.3 Å². The Bertz CT molecular complexity index is 1120. The topological polar surface area (TPSA) is 116 Å². The first-order valence-electron chi connectivity index (χ1n) is 7.23. The van der Waals surface area contributed by atoms with Crippen LogP contribution in [0.15, 0.2) is 42.5 Å². The quantitative estimate of drug-likeness (QED) is 0.445. The number of non-ortho nitro benzene ring substituents is 1. The van der Waals surface area contributed by atoms with Gasteiger partial charge in [-0.2, -0.15) is 0 Å². The summed E-state index contributed by atoms with van der Waals surface area (Å²) in [4.78, 5) is 26.9. The van der Waals surface area contributed by atoms with Crippen LogP contribution in [0.25, 0.3) is 21.3 Å². The molecule has 0 radical (unpaired) electrons. The molecule has 0 saturated heterocycles. The van der Waals surface area contributed by atoms with Crippen LogP contribution in [0.3, 0.4) is 0 Å². The Balaban J connectivity index is 1.54. The van der Waals surface area contributed by atoms with E-state index in [1.54, 1.807) is 6.07 Å². The normalized spacial score (nSPS) is 11.0. The molecule has 0 fully saturated rings. The highest BCUT2D eigenvalue weighted by Crippen LogP contribution is 2.29. The maximum atomic E-state index is 12.2. The Morgan fingerprint density at radius 2 is 2.08 bits per heavy atom. The highest BCUT2D eigenvalue weighted by molar-refractivity contribution is 7.22. The average Bonchev–Trinajstić information content (AvgIpc) is 3.17. The molecule has 4 aromatic rings. The van der Waals surface area contributed by atoms with Crippen molar-refractivity contribution in [1.29, 1.82) is 0 Å². The minimum atomic E-state index is -0.465. The van der Waals surface area contributed by atoms with Crippen LogP contribution in [-0.4, -0.2) is 30.8 Å². The van der Waals surface area contributed by atoms with Crippen LogP contribution in [0.5, 0.6) is 0 Å². The molecule has 0 aliphatic rings. The predicted molar refractivity (Wildman–Crippen MR) is 92.4 cm³/mol. The van der Waals surface area contributed by atoms with E-state index in [1.165, 1.54) is 28.2 Å². The van der Waals surface area contributed by atoms with Crippen LogP contribution >= 0.6 is 11.3 Å². The van der Waals surface area contributed by atoms with Crippen molar-refractivity contribution in [3.63, 3.8) is 0 Å². The maximum absolute atomic E-state index is 12.2. The van der Waals surface area contributed by atoms with E-state index in [4.69, 9.17) is 0 Å². The Hall–Kier alpha value is -3.40. The number of rotatable bonds is 4. The van der Waals surface area contributed by atoms with E-state index in [9.17, 15) is 14.9 Å². The summed E-state index contributed by atoms with van der Waals surface area (Å²) in [6, 6.07) is 11.7. The lowest BCUT2D eigenvalue weighted by Crippen LogP contribution is -2.19. The molecular weight excluding hydrogens is 344 g/mol. The van der Waals surface area contributed by atoms with Gasteiger partial charge in [0.25, 0.3) is 5.69 Å². The molecule has 0 aliphatic heterocycles. The zero-order valence-corrected chi connectivity index (χ0v) is 13.4. The number of fused-ring (bicyclic) bond motifs is 2. The van der Waals surface area contributed by atoms with Gasteiger partial charge in [0.15, 0.2) is 5.13 Å². The molecule has 0 spiro atoms. The lowest BCUT2D eigenvalue weighted by molar-refractivity contribution is -0.384. The summed E-state index contributed by atoms with van der Waals surface area (Å²) in [5.74, 6) is -0.302. The molecule has 124 valence electrons. The third-order valence-electron chi connectivity index (χ3n) is 3.54. The fourth-order valence-corrected chi connectivity index (χ4v) is 3.32. The van der Waals surface area contributed by atoms with E-state index in [0.29, 0.717) is 20.9 Å². The molecule has 10 heteroatoms. The fraction of sp³-hybridized carbons (Fsp3) is 0.0667. The molecule has 1 N–H and O–H groups in total. The molecule has 1 amide bonds. The van der Waals surface area contributed by atoms with Gasteiger partial charge in [-0.15, -0.1) is 5.10 Å². The lowest BCUT2D eigenvalue weighted by Gasteiger charge is -2.02. The monoisotopic (exact) mass is 354 g/mol. The largest absolute Gasteiger partial charge is 0.300 e. The third kappa shape index (κ3) is 2.90. The minimum Gasteiger partial charge on any atom is -0.300 e. The maximum Gasteiger partial charge on any atom is 0.270 e. The highest BCUT2D eigenvalue weighted by Gasteiger charge is 2.13. The summed E-state index contributed by atoms with van der Waals surface area (Å²) in [5, 5.41) is 21.9. The Kier molecular flexibility index (Phi) is 3.58. The van der Waals surface area contributed by atoms with E-state index in [-0.39, 0.29) is 18.1 Å². The van der Waals surface area contributed by atoms with Crippen molar-refractivity contribution >= 4 is 49.3 Å². The molecule has 0 atom stereocenters. The second kappa shape index (κ2) is 5.91. The summed E-state index contributed by atoms with van der Waals surface area (Å²) in [6.45, 7) is -0.00339. The third-order valence-corrected chi connectivity index (χ3v) is 4.48. The van der Waals surface area contributed by atoms with Crippen molar-refractivity contribution in [2.24, 2.45) is 0 Å². The lowest BCUT2D eigenvalue weighted by atomic mass is 10.3. The first-order valence-corrected chi connectivity index (χ1v) is 8.05. The van der Waals surface area contributed by atoms with E-state index in [2.05, 4.69) is 20.6 Å². The van der Waals surface area contributed by atoms with Gasteiger partial charge in [0.2, 0.25) is 5.91 Å². The number of nitro groups is 1. The Labute approximate surface area is 144 Å². The number of nitrogens with one attached hydrogen (secondary N) is 1. The molecule has 2 aromatic carbocycles. The van der Waals surface area contributed by atoms with Crippen LogP contribution in [0.2, 0.25) is 0 Å². The summed E-state index contributed by atoms with van der Waals surface area (Å²) < 4.78 is 2.14. The first-order chi connectivity index (χ1) is 12.1. The number of hydrogen-bond acceptors (Lipinski definition) is 7. The van der Waals surface area contributed by atoms with Crippen molar-refractivity contribution in [3.05, 3.63) is 52.6 Å². The molecule has 4 rings (SSSR count). The number of thiazole rings is 1. The van der Waals surface area contributed by atoms with Gasteiger partial charge >= 0.3 is 0 Å². The number of nitrogens with zero attached hydrogens (tertiary/aromatic N) is 5. The number of para-hydroxylation sites is 1. The standard InChI is InChI=1S/C15H10N6O3S/c22-14(8-20-12-4-2-1-3-10(12)18-19-20)17-15-16-11-6-5-9(21(23)24)7-13(11)25-15/h1-7H,8H2,(H,16,17,22). The molecule has 0 unspecified atom stereocenters. The molecule has 9 nitrogen and oxygen atoms in total. The average molecular weight is 354 g/mol. The van der Waals surface area contributed by atoms with Crippen LogP contribution in [0, 0.1) is 10.1 Å². The van der Waals surface area contributed by atoms with Gasteiger partial charge in [-0.25, -0.2) is 9.67 Å². The summed E-state index contributed by atoms with van der Waals surface area (Å²) in [5.41, 5.74) is 2.06. The van der Waals surface area contributed by atoms with Gasteiger partial charge in [0.05, 0.1) is 20.7 Å². The highest BCUT2D eigenvalue weighted by atomic mass is 32.1. The smallest absolute Gasteiger partial charge is 0.270 e. The summed E-state index contributed by atoms with van der Waals surface area (Å²) in [7, 11) is 0. The number of anilines is 1. The number of aromatic nitrogens is 4. The number of carbonyl (C=O) groups is 1. The number of benzene rings is 2. The van der Waals surface area contributed by atoms with Gasteiger partial charge in [-0.05, 0) is 18.2 Å². The number of hydrogen-bond donors (Lipinski definition) is 1. The van der Waals surface area contributed by atoms with E-state index in [0.717, 1.165) is 5.52 Å². The molecule has 25 heavy (non-hydrogen) atoms. The van der Waals surface area contributed by atoms with E-state index in [1.807, 2.05) is 24.3 Å². The first kappa shape index (κ1) is 15.1. The van der Waals surface area contributed by atoms with Gasteiger partial charge in [0, 0.05) is 12.1 Å². The zero-order chi connectivity index (χ0) is 17.4. The molecule has 2 heterocycles. The molecule has 0 saturated carbocycles. The Morgan fingerprint density at radius 3 is 2.92 bits per heavy atom. The van der Waals surface area contributed by atoms with Crippen molar-refractivity contribution < 1.29 is 9.72 Å². The molecule has 2 aromatic heterocycles. The second-order valence-corrected chi connectivity index (χ2v) is 6.24. The molecular formula is C15H10N6O3S. The van der Waals surface area contributed by atoms with Crippen molar-refractivity contribution in [1.82, 2.24) is 20.0 Å². The molecule has 0 aliphatic carbocycles. The summed E-state index contributed by atoms with van der Waals surface area (Å²) in [6.07, 6.45) is 0. The van der Waals surface area contributed by atoms with Crippen LogP contribution in [0.4, 0.5) is 10.8 Å². The van der Waals surface area contributed by atoms with Gasteiger partial charge in [-0.3, -0.25) is 14.9 Å². The second-order valence-electron chi connectivity index (χ2n) is 5.21. The molecule has 0 bridgehead atoms. The van der Waals surface area contributed by atoms with Crippen molar-refractivity contribution in [3.8, 4) is 0 Å². The number of carbonyl (C=O) groups excluding carboxylic acids is 1. The van der Waals surface area contributed by atoms with Crippen LogP contribution in [0.1, 0.15) is 0 Å². The van der Waals surface area contributed by atoms with Gasteiger partial charge < -0.3 is 5.32 Å². The van der Waals surface area contributed by atoms with Crippen molar-refractivity contribution in [2.75, 3.05) is 5.32 Å². The zero-order valence-electron chi connectivity index (χ0n) is 12.6. The van der Waals surface area contributed by atoms with E-state index < -0.39 is 4.92 Å². The summed E-state index contributed by atoms with van der Waals surface area (Å²) >= 11 is 1.18. The minimum absolute atomic E-state index is 0.00339. The van der Waals surface area contributed by atoms with Gasteiger partial charge in [0.1, 0.15) is 12.1 Å². The predicted octanol–water partition coefficient (Wildman–Crippen LogP) is 2.59.